The fourth-order valence-electron chi connectivity index (χ4n) is 1.23. The number of halogens is 2. The minimum Gasteiger partial charge on any atom is -0.283 e. The van der Waals surface area contributed by atoms with Crippen molar-refractivity contribution in [3.8, 4) is 11.3 Å². The zero-order valence-electron chi connectivity index (χ0n) is 7.95. The van der Waals surface area contributed by atoms with Crippen molar-refractivity contribution in [1.82, 2.24) is 9.97 Å². The molecule has 79 valence electrons. The Kier molecular flexibility index (Phi) is 3.17. The summed E-state index contributed by atoms with van der Waals surface area (Å²) in [5.41, 5.74) is 1.58. The van der Waals surface area contributed by atoms with E-state index in [0.29, 0.717) is 15.7 Å². The van der Waals surface area contributed by atoms with Crippen LogP contribution in [0.3, 0.4) is 0 Å². The number of hydrogen-bond donors (Lipinski definition) is 0. The Hall–Kier alpha value is -1.45. The molecular formula is C11H5Cl2N2O. The maximum Gasteiger partial charge on any atom is 0.253 e. The SMILES string of the molecule is O=[C]c1cc(-c2ccc(Cl)c(Cl)c2)ncn1. The molecule has 16 heavy (non-hydrogen) atoms. The number of benzene rings is 1. The molecule has 0 N–H and O–H groups in total. The van der Waals surface area contributed by atoms with Crippen molar-refractivity contribution in [1.29, 1.82) is 0 Å². The van der Waals surface area contributed by atoms with Gasteiger partial charge in [0.2, 0.25) is 0 Å². The molecule has 0 saturated heterocycles. The third-order valence-corrected chi connectivity index (χ3v) is 2.73. The number of carbonyl (C=O) groups excluding carboxylic acids is 1. The highest BCUT2D eigenvalue weighted by atomic mass is 35.5. The summed E-state index contributed by atoms with van der Waals surface area (Å²) in [7, 11) is 0. The molecule has 5 heteroatoms. The maximum absolute atomic E-state index is 10.4. The van der Waals surface area contributed by atoms with E-state index in [9.17, 15) is 4.79 Å². The van der Waals surface area contributed by atoms with E-state index in [2.05, 4.69) is 9.97 Å². The molecule has 2 rings (SSSR count). The van der Waals surface area contributed by atoms with Crippen LogP contribution in [0.5, 0.6) is 0 Å². The van der Waals surface area contributed by atoms with Crippen molar-refractivity contribution in [3.05, 3.63) is 46.3 Å². The van der Waals surface area contributed by atoms with E-state index in [1.807, 2.05) is 0 Å². The summed E-state index contributed by atoms with van der Waals surface area (Å²) < 4.78 is 0. The maximum atomic E-state index is 10.4. The van der Waals surface area contributed by atoms with Crippen molar-refractivity contribution < 1.29 is 4.79 Å². The van der Waals surface area contributed by atoms with E-state index < -0.39 is 0 Å². The van der Waals surface area contributed by atoms with Crippen molar-refractivity contribution in [2.45, 2.75) is 0 Å². The van der Waals surface area contributed by atoms with Crippen molar-refractivity contribution in [2.24, 2.45) is 0 Å². The van der Waals surface area contributed by atoms with Gasteiger partial charge in [-0.25, -0.2) is 9.97 Å². The van der Waals surface area contributed by atoms with Crippen LogP contribution in [0.15, 0.2) is 30.6 Å². The first-order chi connectivity index (χ1) is 7.70. The molecule has 0 spiro atoms. The molecule has 3 nitrogen and oxygen atoms in total. The summed E-state index contributed by atoms with van der Waals surface area (Å²) in [6.07, 6.45) is 3.01. The van der Waals surface area contributed by atoms with Crippen LogP contribution in [0.2, 0.25) is 10.0 Å². The number of hydrogen-bond acceptors (Lipinski definition) is 3. The minimum absolute atomic E-state index is 0.205. The van der Waals surface area contributed by atoms with E-state index in [1.54, 1.807) is 24.5 Å². The average molecular weight is 252 g/mol. The lowest BCUT2D eigenvalue weighted by molar-refractivity contribution is 0.561. The van der Waals surface area contributed by atoms with E-state index >= 15 is 0 Å². The summed E-state index contributed by atoms with van der Waals surface area (Å²) in [6, 6.07) is 6.66. The summed E-state index contributed by atoms with van der Waals surface area (Å²) >= 11 is 11.7. The van der Waals surface area contributed by atoms with Crippen molar-refractivity contribution in [3.63, 3.8) is 0 Å². The predicted molar refractivity (Wildman–Crippen MR) is 62.3 cm³/mol. The first-order valence-corrected chi connectivity index (χ1v) is 5.12. The second kappa shape index (κ2) is 4.60. The second-order valence-electron chi connectivity index (χ2n) is 3.02. The van der Waals surface area contributed by atoms with Gasteiger partial charge in [0.1, 0.15) is 12.0 Å². The molecule has 0 amide bonds. The summed E-state index contributed by atoms with van der Waals surface area (Å²) in [5, 5.41) is 0.913. The minimum atomic E-state index is 0.205. The highest BCUT2D eigenvalue weighted by Gasteiger charge is 2.04. The van der Waals surface area contributed by atoms with Crippen molar-refractivity contribution >= 4 is 29.5 Å². The van der Waals surface area contributed by atoms with Crippen LogP contribution in [0.1, 0.15) is 5.69 Å². The quantitative estimate of drug-likeness (QED) is 0.825. The molecule has 1 heterocycles. The van der Waals surface area contributed by atoms with Gasteiger partial charge in [0, 0.05) is 5.56 Å². The lowest BCUT2D eigenvalue weighted by Crippen LogP contribution is -1.91. The van der Waals surface area contributed by atoms with E-state index in [4.69, 9.17) is 23.2 Å². The molecule has 0 atom stereocenters. The largest absolute Gasteiger partial charge is 0.283 e. The summed E-state index contributed by atoms with van der Waals surface area (Å²) in [4.78, 5) is 18.2. The number of nitrogens with zero attached hydrogens (tertiary/aromatic N) is 2. The highest BCUT2D eigenvalue weighted by molar-refractivity contribution is 6.42. The van der Waals surface area contributed by atoms with Crippen LogP contribution in [-0.2, 0) is 4.79 Å². The molecule has 1 aromatic carbocycles. The number of rotatable bonds is 2. The van der Waals surface area contributed by atoms with E-state index in [1.165, 1.54) is 12.4 Å². The first-order valence-electron chi connectivity index (χ1n) is 4.36. The molecule has 0 unspecified atom stereocenters. The van der Waals surface area contributed by atoms with Crippen molar-refractivity contribution in [2.75, 3.05) is 0 Å². The Morgan fingerprint density at radius 1 is 1.06 bits per heavy atom. The Bertz CT molecular complexity index is 543. The van der Waals surface area contributed by atoms with Gasteiger partial charge in [0.25, 0.3) is 6.29 Å². The topological polar surface area (TPSA) is 42.9 Å². The Morgan fingerprint density at radius 3 is 2.56 bits per heavy atom. The molecule has 0 saturated carbocycles. The van der Waals surface area contributed by atoms with Gasteiger partial charge in [0.05, 0.1) is 15.7 Å². The molecular weight excluding hydrogens is 247 g/mol. The normalized spacial score (nSPS) is 10.1. The third kappa shape index (κ3) is 2.21. The van der Waals surface area contributed by atoms with Gasteiger partial charge in [-0.1, -0.05) is 29.3 Å². The molecule has 0 aliphatic carbocycles. The Labute approximate surface area is 102 Å². The third-order valence-electron chi connectivity index (χ3n) is 1.99. The van der Waals surface area contributed by atoms with Crippen LogP contribution in [0.4, 0.5) is 0 Å². The fourth-order valence-corrected chi connectivity index (χ4v) is 1.52. The van der Waals surface area contributed by atoms with Crippen LogP contribution < -0.4 is 0 Å². The average Bonchev–Trinajstić information content (AvgIpc) is 2.33. The van der Waals surface area contributed by atoms with Gasteiger partial charge in [-0.05, 0) is 18.2 Å². The van der Waals surface area contributed by atoms with Gasteiger partial charge >= 0.3 is 0 Å². The van der Waals surface area contributed by atoms with Gasteiger partial charge in [-0.15, -0.1) is 0 Å². The lowest BCUT2D eigenvalue weighted by atomic mass is 10.1. The molecule has 1 aromatic heterocycles. The molecule has 1 radical (unpaired) electrons. The zero-order valence-corrected chi connectivity index (χ0v) is 9.46. The first kappa shape index (κ1) is 11.0. The fraction of sp³-hybridized carbons (Fsp3) is 0. The Morgan fingerprint density at radius 2 is 1.88 bits per heavy atom. The van der Waals surface area contributed by atoms with E-state index in [-0.39, 0.29) is 5.69 Å². The smallest absolute Gasteiger partial charge is 0.253 e. The molecule has 0 fully saturated rings. The summed E-state index contributed by atoms with van der Waals surface area (Å²) in [5.74, 6) is 0. The van der Waals surface area contributed by atoms with Gasteiger partial charge in [-0.2, -0.15) is 0 Å². The monoisotopic (exact) mass is 251 g/mol. The van der Waals surface area contributed by atoms with Gasteiger partial charge in [-0.3, -0.25) is 4.79 Å². The molecule has 0 aliphatic heterocycles. The van der Waals surface area contributed by atoms with Crippen LogP contribution in [0, 0.1) is 0 Å². The standard InChI is InChI=1S/C11H5Cl2N2O/c12-9-2-1-7(3-10(9)13)11-4-8(5-16)14-6-15-11/h1-4,6H. The second-order valence-corrected chi connectivity index (χ2v) is 3.83. The van der Waals surface area contributed by atoms with Crippen LogP contribution in [0.25, 0.3) is 11.3 Å². The molecule has 2 aromatic rings. The number of aromatic nitrogens is 2. The van der Waals surface area contributed by atoms with Crippen LogP contribution in [-0.4, -0.2) is 16.3 Å². The predicted octanol–water partition coefficient (Wildman–Crippen LogP) is 2.91. The lowest BCUT2D eigenvalue weighted by Gasteiger charge is -2.02. The zero-order chi connectivity index (χ0) is 11.5. The van der Waals surface area contributed by atoms with E-state index in [0.717, 1.165) is 5.56 Å². The van der Waals surface area contributed by atoms with Crippen LogP contribution >= 0.6 is 23.2 Å². The molecule has 0 aliphatic rings. The molecule has 0 bridgehead atoms. The Balaban J connectivity index is 2.49. The summed E-state index contributed by atoms with van der Waals surface area (Å²) in [6.45, 7) is 0. The van der Waals surface area contributed by atoms with Gasteiger partial charge in [0.15, 0.2) is 0 Å². The van der Waals surface area contributed by atoms with Gasteiger partial charge < -0.3 is 0 Å². The highest BCUT2D eigenvalue weighted by Crippen LogP contribution is 2.27.